The molecule has 6 aliphatic rings. The van der Waals surface area contributed by atoms with E-state index < -0.39 is 34.6 Å². The van der Waals surface area contributed by atoms with Crippen molar-refractivity contribution in [1.29, 1.82) is 0 Å². The van der Waals surface area contributed by atoms with Crippen molar-refractivity contribution in [2.45, 2.75) is 12.8 Å². The van der Waals surface area contributed by atoms with Crippen LogP contribution in [0, 0.1) is 46.3 Å². The summed E-state index contributed by atoms with van der Waals surface area (Å²) in [5.74, 6) is -2.37. The number of carbonyl (C=O) groups is 4. The molecule has 0 amide bonds. The summed E-state index contributed by atoms with van der Waals surface area (Å²) in [7, 11) is 2.58. The number of hydrogen-bond acceptors (Lipinski definition) is 6. The van der Waals surface area contributed by atoms with Gasteiger partial charge in [-0.25, -0.2) is 0 Å². The van der Waals surface area contributed by atoms with Crippen molar-refractivity contribution >= 4 is 23.5 Å². The third kappa shape index (κ3) is 0.787. The normalized spacial score (nSPS) is 55.4. The molecule has 6 nitrogen and oxygen atoms in total. The Balaban J connectivity index is 1.85. The van der Waals surface area contributed by atoms with Gasteiger partial charge in [-0.3, -0.25) is 19.2 Å². The minimum absolute atomic E-state index is 0.0144. The maximum absolute atomic E-state index is 12.8. The summed E-state index contributed by atoms with van der Waals surface area (Å²) < 4.78 is 10.1. The van der Waals surface area contributed by atoms with Crippen molar-refractivity contribution in [2.75, 3.05) is 14.2 Å². The highest BCUT2D eigenvalue weighted by molar-refractivity contribution is 6.09. The van der Waals surface area contributed by atoms with Crippen LogP contribution in [0.5, 0.6) is 0 Å². The molecule has 6 aliphatic carbocycles. The molecule has 6 fully saturated rings. The number of rotatable bonds is 2. The van der Waals surface area contributed by atoms with E-state index >= 15 is 0 Å². The molecule has 2 unspecified atom stereocenters. The van der Waals surface area contributed by atoms with Gasteiger partial charge in [0, 0.05) is 24.7 Å². The zero-order chi connectivity index (χ0) is 15.6. The van der Waals surface area contributed by atoms with E-state index in [2.05, 4.69) is 0 Å². The molecule has 6 saturated carbocycles. The van der Waals surface area contributed by atoms with E-state index in [0.717, 1.165) is 0 Å². The largest absolute Gasteiger partial charge is 0.469 e. The van der Waals surface area contributed by atoms with Crippen molar-refractivity contribution in [3.05, 3.63) is 0 Å². The summed E-state index contributed by atoms with van der Waals surface area (Å²) >= 11 is 0. The maximum Gasteiger partial charge on any atom is 0.314 e. The lowest BCUT2D eigenvalue weighted by molar-refractivity contribution is -0.194. The molecular formula is C16H16O6. The molecule has 0 N–H and O–H groups in total. The Hall–Kier alpha value is -1.72. The fourth-order valence-corrected chi connectivity index (χ4v) is 7.71. The third-order valence-corrected chi connectivity index (χ3v) is 7.56. The first kappa shape index (κ1) is 12.8. The predicted molar refractivity (Wildman–Crippen MR) is 69.1 cm³/mol. The summed E-state index contributed by atoms with van der Waals surface area (Å²) in [6.07, 6.45) is 0.661. The molecule has 8 atom stereocenters. The highest BCUT2D eigenvalue weighted by Gasteiger charge is 2.99. The zero-order valence-corrected chi connectivity index (χ0v) is 12.3. The van der Waals surface area contributed by atoms with Crippen LogP contribution in [0.25, 0.3) is 0 Å². The Kier molecular flexibility index (Phi) is 1.91. The van der Waals surface area contributed by atoms with Crippen LogP contribution in [-0.2, 0) is 28.7 Å². The minimum Gasteiger partial charge on any atom is -0.469 e. The quantitative estimate of drug-likeness (QED) is 0.667. The first-order chi connectivity index (χ1) is 10.5. The number of hydrogen-bond donors (Lipinski definition) is 0. The van der Waals surface area contributed by atoms with Gasteiger partial charge in [-0.1, -0.05) is 0 Å². The van der Waals surface area contributed by atoms with Gasteiger partial charge in [0.25, 0.3) is 0 Å². The number of ether oxygens (including phenoxy) is 2. The molecule has 0 aliphatic heterocycles. The van der Waals surface area contributed by atoms with Crippen molar-refractivity contribution in [2.24, 2.45) is 46.3 Å². The van der Waals surface area contributed by atoms with E-state index in [1.807, 2.05) is 0 Å². The van der Waals surface area contributed by atoms with E-state index in [9.17, 15) is 19.2 Å². The molecule has 8 bridgehead atoms. The first-order valence-corrected chi connectivity index (χ1v) is 7.71. The average molecular weight is 304 g/mol. The van der Waals surface area contributed by atoms with E-state index in [4.69, 9.17) is 9.47 Å². The lowest BCUT2D eigenvalue weighted by Crippen LogP contribution is -2.63. The van der Waals surface area contributed by atoms with Crippen molar-refractivity contribution < 1.29 is 28.7 Å². The lowest BCUT2D eigenvalue weighted by atomic mass is 9.49. The molecular weight excluding hydrogens is 288 g/mol. The summed E-state index contributed by atoms with van der Waals surface area (Å²) in [5.41, 5.74) is -2.30. The van der Waals surface area contributed by atoms with E-state index in [-0.39, 0.29) is 35.2 Å². The third-order valence-electron chi connectivity index (χ3n) is 7.56. The Bertz CT molecular complexity index is 642. The van der Waals surface area contributed by atoms with Crippen molar-refractivity contribution in [3.8, 4) is 0 Å². The molecule has 0 radical (unpaired) electrons. The monoisotopic (exact) mass is 304 g/mol. The average Bonchev–Trinajstić information content (AvgIpc) is 3.25. The van der Waals surface area contributed by atoms with Gasteiger partial charge >= 0.3 is 11.9 Å². The summed E-state index contributed by atoms with van der Waals surface area (Å²) in [6.45, 7) is 0. The first-order valence-electron chi connectivity index (χ1n) is 7.71. The zero-order valence-electron chi connectivity index (χ0n) is 12.3. The van der Waals surface area contributed by atoms with Gasteiger partial charge in [-0.05, 0) is 23.7 Å². The number of ketones is 2. The van der Waals surface area contributed by atoms with E-state index in [1.165, 1.54) is 14.2 Å². The van der Waals surface area contributed by atoms with Gasteiger partial charge in [-0.2, -0.15) is 0 Å². The molecule has 0 saturated heterocycles. The Morgan fingerprint density at radius 1 is 0.864 bits per heavy atom. The Morgan fingerprint density at radius 3 is 1.68 bits per heavy atom. The van der Waals surface area contributed by atoms with Crippen LogP contribution in [0.3, 0.4) is 0 Å². The van der Waals surface area contributed by atoms with Crippen molar-refractivity contribution in [3.63, 3.8) is 0 Å². The number of methoxy groups -OCH3 is 2. The molecule has 22 heavy (non-hydrogen) atoms. The van der Waals surface area contributed by atoms with Crippen LogP contribution in [0.15, 0.2) is 0 Å². The smallest absolute Gasteiger partial charge is 0.314 e. The Morgan fingerprint density at radius 2 is 1.27 bits per heavy atom. The van der Waals surface area contributed by atoms with Gasteiger partial charge in [0.2, 0.25) is 0 Å². The topological polar surface area (TPSA) is 86.7 Å². The van der Waals surface area contributed by atoms with Gasteiger partial charge in [0.05, 0.1) is 19.6 Å². The van der Waals surface area contributed by atoms with Gasteiger partial charge in [-0.15, -0.1) is 0 Å². The molecule has 0 heterocycles. The van der Waals surface area contributed by atoms with Crippen molar-refractivity contribution in [1.82, 2.24) is 0 Å². The SMILES string of the molecule is COC(=O)C12[C@H]3CC(=O)[C@H]4[C@@H]3[C@H]3[C@@H](C(=O)C[C@@H]31)C42C(=O)OC. The summed E-state index contributed by atoms with van der Waals surface area (Å²) in [6, 6.07) is 0. The number of Topliss-reactive ketones (excluding diaryl/α,β-unsaturated/α-hetero) is 2. The highest BCUT2D eigenvalue weighted by atomic mass is 16.5. The van der Waals surface area contributed by atoms with Crippen LogP contribution in [0.1, 0.15) is 12.8 Å². The van der Waals surface area contributed by atoms with Crippen LogP contribution < -0.4 is 0 Å². The van der Waals surface area contributed by atoms with Gasteiger partial charge in [0.15, 0.2) is 0 Å². The molecule has 0 aromatic heterocycles. The van der Waals surface area contributed by atoms with Crippen LogP contribution in [0.4, 0.5) is 0 Å². The molecule has 116 valence electrons. The number of esters is 2. The summed E-state index contributed by atoms with van der Waals surface area (Å²) in [5, 5.41) is 0. The van der Waals surface area contributed by atoms with E-state index in [0.29, 0.717) is 12.8 Å². The number of carbonyl (C=O) groups excluding carboxylic acids is 4. The molecule has 6 rings (SSSR count). The second kappa shape index (κ2) is 3.29. The molecule has 0 spiro atoms. The minimum atomic E-state index is -1.29. The van der Waals surface area contributed by atoms with Crippen LogP contribution >= 0.6 is 0 Å². The fourth-order valence-electron chi connectivity index (χ4n) is 7.71. The summed E-state index contributed by atoms with van der Waals surface area (Å²) in [4.78, 5) is 50.5. The Labute approximate surface area is 126 Å². The van der Waals surface area contributed by atoms with Crippen LogP contribution in [-0.4, -0.2) is 37.7 Å². The molecule has 0 aromatic rings. The second-order valence-corrected chi connectivity index (χ2v) is 7.39. The predicted octanol–water partition coefficient (Wildman–Crippen LogP) is -0.0112. The fraction of sp³-hybridized carbons (Fsp3) is 0.750. The van der Waals surface area contributed by atoms with Gasteiger partial charge < -0.3 is 9.47 Å². The van der Waals surface area contributed by atoms with E-state index in [1.54, 1.807) is 0 Å². The van der Waals surface area contributed by atoms with Gasteiger partial charge in [0.1, 0.15) is 17.0 Å². The molecule has 0 aromatic carbocycles. The maximum atomic E-state index is 12.8. The lowest BCUT2D eigenvalue weighted by Gasteiger charge is -2.50. The standard InChI is InChI=1S/C16H16O6/c1-21-13(19)15-5-3-7(17)11-9(5)10-6(15)4-8(18)12(10)16(11,15)14(20)22-2/h5-6,9-12H,3-4H2,1-2H3/t5-,6-,9-,10-,11-,12+,15?,16?/m0/s1. The molecule has 6 heteroatoms. The van der Waals surface area contributed by atoms with Crippen LogP contribution in [0.2, 0.25) is 0 Å². The second-order valence-electron chi connectivity index (χ2n) is 7.39. The highest BCUT2D eigenvalue weighted by Crippen LogP contribution is 2.91.